The molecule has 0 radical (unpaired) electrons. The lowest BCUT2D eigenvalue weighted by atomic mass is 10.0. The second-order valence-electron chi connectivity index (χ2n) is 8.96. The Morgan fingerprint density at radius 2 is 1.82 bits per heavy atom. The molecular formula is C24H35N5O3S. The van der Waals surface area contributed by atoms with Crippen LogP contribution in [0.2, 0.25) is 0 Å². The Kier molecular flexibility index (Phi) is 8.31. The Bertz CT molecular complexity index is 1050. The lowest BCUT2D eigenvalue weighted by Gasteiger charge is -2.30. The number of amides is 1. The van der Waals surface area contributed by atoms with Gasteiger partial charge in [0.05, 0.1) is 22.3 Å². The van der Waals surface area contributed by atoms with E-state index < -0.39 is 10.0 Å². The average molecular weight is 474 g/mol. The van der Waals surface area contributed by atoms with Gasteiger partial charge < -0.3 is 15.5 Å². The molecule has 1 saturated heterocycles. The highest BCUT2D eigenvalue weighted by molar-refractivity contribution is 7.92. The molecule has 0 spiro atoms. The minimum absolute atomic E-state index is 0.00178. The van der Waals surface area contributed by atoms with Gasteiger partial charge in [-0.3, -0.25) is 9.52 Å². The van der Waals surface area contributed by atoms with Gasteiger partial charge in [-0.1, -0.05) is 32.9 Å². The smallest absolute Gasteiger partial charge is 0.261 e. The lowest BCUT2D eigenvalue weighted by Crippen LogP contribution is -2.45. The molecule has 1 aliphatic heterocycles. The van der Waals surface area contributed by atoms with Gasteiger partial charge in [-0.25, -0.2) is 13.4 Å². The van der Waals surface area contributed by atoms with Crippen LogP contribution in [-0.4, -0.2) is 51.5 Å². The number of rotatable bonds is 9. The fraction of sp³-hybridized carbons (Fsp3) is 0.500. The minimum atomic E-state index is -3.81. The predicted molar refractivity (Wildman–Crippen MR) is 132 cm³/mol. The standard InChI is InChI=1S/C24H35N5O3S/c1-5-18(4)27-24(30)22-15-20(16-26-23(22)29-12-10-25-11-13-29)28-33(31,32)21-8-6-19(7-9-21)14-17(2)3/h6-9,15-18,25,28H,5,10-14H2,1-4H3,(H,27,30). The molecule has 1 aromatic carbocycles. The molecule has 0 bridgehead atoms. The topological polar surface area (TPSA) is 103 Å². The van der Waals surface area contributed by atoms with Crippen LogP contribution in [0.15, 0.2) is 41.4 Å². The number of nitrogens with zero attached hydrogens (tertiary/aromatic N) is 2. The van der Waals surface area contributed by atoms with Crippen molar-refractivity contribution in [1.29, 1.82) is 0 Å². The van der Waals surface area contributed by atoms with Crippen molar-refractivity contribution in [3.63, 3.8) is 0 Å². The zero-order chi connectivity index (χ0) is 24.0. The first-order chi connectivity index (χ1) is 15.7. The van der Waals surface area contributed by atoms with Crippen molar-refractivity contribution in [3.8, 4) is 0 Å². The monoisotopic (exact) mass is 473 g/mol. The van der Waals surface area contributed by atoms with Gasteiger partial charge in [0, 0.05) is 32.2 Å². The molecule has 2 heterocycles. The van der Waals surface area contributed by atoms with Crippen LogP contribution in [0, 0.1) is 5.92 Å². The summed E-state index contributed by atoms with van der Waals surface area (Å²) in [6.45, 7) is 11.2. The van der Waals surface area contributed by atoms with E-state index in [4.69, 9.17) is 0 Å². The number of hydrogen-bond donors (Lipinski definition) is 3. The highest BCUT2D eigenvalue weighted by Crippen LogP contribution is 2.24. The number of sulfonamides is 1. The van der Waals surface area contributed by atoms with Crippen molar-refractivity contribution in [1.82, 2.24) is 15.6 Å². The van der Waals surface area contributed by atoms with Crippen LogP contribution < -0.4 is 20.3 Å². The predicted octanol–water partition coefficient (Wildman–Crippen LogP) is 3.02. The van der Waals surface area contributed by atoms with Gasteiger partial charge in [0.15, 0.2) is 0 Å². The lowest BCUT2D eigenvalue weighted by molar-refractivity contribution is 0.0939. The van der Waals surface area contributed by atoms with E-state index in [0.717, 1.165) is 44.6 Å². The maximum absolute atomic E-state index is 13.0. The summed E-state index contributed by atoms with van der Waals surface area (Å²) in [6, 6.07) is 8.47. The van der Waals surface area contributed by atoms with Crippen molar-refractivity contribution in [2.75, 3.05) is 35.8 Å². The van der Waals surface area contributed by atoms with Gasteiger partial charge in [0.1, 0.15) is 5.82 Å². The first-order valence-electron chi connectivity index (χ1n) is 11.6. The number of pyridine rings is 1. The second-order valence-corrected chi connectivity index (χ2v) is 10.6. The quantitative estimate of drug-likeness (QED) is 0.517. The maximum atomic E-state index is 13.0. The van der Waals surface area contributed by atoms with Gasteiger partial charge in [-0.05, 0) is 49.4 Å². The molecule has 180 valence electrons. The number of hydrogen-bond acceptors (Lipinski definition) is 6. The number of nitrogens with one attached hydrogen (secondary N) is 3. The Morgan fingerprint density at radius 1 is 1.15 bits per heavy atom. The van der Waals surface area contributed by atoms with Crippen molar-refractivity contribution < 1.29 is 13.2 Å². The number of anilines is 2. The normalized spacial score (nSPS) is 15.4. The third-order valence-electron chi connectivity index (χ3n) is 5.65. The van der Waals surface area contributed by atoms with E-state index in [1.807, 2.05) is 30.9 Å². The number of carbonyl (C=O) groups is 1. The highest BCUT2D eigenvalue weighted by atomic mass is 32.2. The third-order valence-corrected chi connectivity index (χ3v) is 7.04. The van der Waals surface area contributed by atoms with Gasteiger partial charge in [-0.15, -0.1) is 0 Å². The van der Waals surface area contributed by atoms with E-state index >= 15 is 0 Å². The Labute approximate surface area is 197 Å². The molecule has 1 aromatic heterocycles. The summed E-state index contributed by atoms with van der Waals surface area (Å²) in [5.74, 6) is 0.800. The van der Waals surface area contributed by atoms with Crippen LogP contribution in [0.3, 0.4) is 0 Å². The van der Waals surface area contributed by atoms with Crippen LogP contribution in [0.25, 0.3) is 0 Å². The molecule has 8 nitrogen and oxygen atoms in total. The number of benzene rings is 1. The first-order valence-corrected chi connectivity index (χ1v) is 13.1. The first kappa shape index (κ1) is 25.0. The largest absolute Gasteiger partial charge is 0.353 e. The summed E-state index contributed by atoms with van der Waals surface area (Å²) in [5, 5.41) is 6.26. The van der Waals surface area contributed by atoms with E-state index in [0.29, 0.717) is 17.3 Å². The molecule has 1 atom stereocenters. The summed E-state index contributed by atoms with van der Waals surface area (Å²) in [6.07, 6.45) is 3.16. The number of carbonyl (C=O) groups excluding carboxylic acids is 1. The van der Waals surface area contributed by atoms with Crippen LogP contribution in [0.5, 0.6) is 0 Å². The molecule has 3 N–H and O–H groups in total. The average Bonchev–Trinajstić information content (AvgIpc) is 2.79. The fourth-order valence-electron chi connectivity index (χ4n) is 3.70. The minimum Gasteiger partial charge on any atom is -0.353 e. The van der Waals surface area contributed by atoms with Crippen molar-refractivity contribution in [2.24, 2.45) is 5.92 Å². The second kappa shape index (κ2) is 11.0. The molecular weight excluding hydrogens is 438 g/mol. The maximum Gasteiger partial charge on any atom is 0.261 e. The van der Waals surface area contributed by atoms with Crippen LogP contribution in [0.4, 0.5) is 11.5 Å². The molecule has 1 amide bonds. The van der Waals surface area contributed by atoms with E-state index in [-0.39, 0.29) is 22.5 Å². The number of aromatic nitrogens is 1. The van der Waals surface area contributed by atoms with Gasteiger partial charge >= 0.3 is 0 Å². The molecule has 0 saturated carbocycles. The van der Waals surface area contributed by atoms with Gasteiger partial charge in [0.25, 0.3) is 15.9 Å². The summed E-state index contributed by atoms with van der Waals surface area (Å²) >= 11 is 0. The molecule has 1 unspecified atom stereocenters. The van der Waals surface area contributed by atoms with Crippen LogP contribution in [0.1, 0.15) is 50.0 Å². The zero-order valence-electron chi connectivity index (χ0n) is 19.9. The highest BCUT2D eigenvalue weighted by Gasteiger charge is 2.23. The molecule has 0 aliphatic carbocycles. The molecule has 1 fully saturated rings. The number of piperazine rings is 1. The fourth-order valence-corrected chi connectivity index (χ4v) is 4.74. The third kappa shape index (κ3) is 6.68. The molecule has 33 heavy (non-hydrogen) atoms. The van der Waals surface area contributed by atoms with E-state index in [1.165, 1.54) is 6.20 Å². The molecule has 3 rings (SSSR count). The summed E-state index contributed by atoms with van der Waals surface area (Å²) in [7, 11) is -3.81. The Hall–Kier alpha value is -2.65. The Morgan fingerprint density at radius 3 is 2.42 bits per heavy atom. The summed E-state index contributed by atoms with van der Waals surface area (Å²) in [4.78, 5) is 19.7. The van der Waals surface area contributed by atoms with Gasteiger partial charge in [-0.2, -0.15) is 0 Å². The molecule has 9 heteroatoms. The van der Waals surface area contributed by atoms with E-state index in [9.17, 15) is 13.2 Å². The Balaban J connectivity index is 1.87. The van der Waals surface area contributed by atoms with Crippen LogP contribution >= 0.6 is 0 Å². The SMILES string of the molecule is CCC(C)NC(=O)c1cc(NS(=O)(=O)c2ccc(CC(C)C)cc2)cnc1N1CCNCC1. The summed E-state index contributed by atoms with van der Waals surface area (Å²) in [5.41, 5.74) is 1.72. The van der Waals surface area contributed by atoms with Crippen molar-refractivity contribution >= 4 is 27.4 Å². The van der Waals surface area contributed by atoms with E-state index in [2.05, 4.69) is 34.2 Å². The zero-order valence-corrected chi connectivity index (χ0v) is 20.7. The van der Waals surface area contributed by atoms with Crippen molar-refractivity contribution in [3.05, 3.63) is 47.7 Å². The van der Waals surface area contributed by atoms with Gasteiger partial charge in [0.2, 0.25) is 0 Å². The van der Waals surface area contributed by atoms with Crippen LogP contribution in [-0.2, 0) is 16.4 Å². The molecule has 2 aromatic rings. The molecule has 1 aliphatic rings. The van der Waals surface area contributed by atoms with Crippen molar-refractivity contribution in [2.45, 2.75) is 51.5 Å². The summed E-state index contributed by atoms with van der Waals surface area (Å²) < 4.78 is 28.5. The van der Waals surface area contributed by atoms with E-state index in [1.54, 1.807) is 18.2 Å².